The highest BCUT2D eigenvalue weighted by Gasteiger charge is 2.43. The molecular weight excluding hydrogens is 386 g/mol. The number of nitrogens with one attached hydrogen (secondary N) is 1. The summed E-state index contributed by atoms with van der Waals surface area (Å²) in [6.07, 6.45) is -3.76. The smallest absolute Gasteiger partial charge is 0.398 e. The number of aromatic nitrogens is 2. The summed E-state index contributed by atoms with van der Waals surface area (Å²) < 4.78 is 11.6. The number of rotatable bonds is 5. The van der Waals surface area contributed by atoms with E-state index in [0.29, 0.717) is 5.58 Å². The molecule has 0 aliphatic carbocycles. The number of nitrogens with zero attached hydrogens (tertiary/aromatic N) is 2. The highest BCUT2D eigenvalue weighted by atomic mass is 16.7. The molecule has 1 fully saturated rings. The number of benzene rings is 1. The molecule has 11 nitrogen and oxygen atoms in total. The first kappa shape index (κ1) is 19.1. The Morgan fingerprint density at radius 3 is 2.72 bits per heavy atom. The molecule has 0 bridgehead atoms. The molecule has 1 aliphatic heterocycles. The van der Waals surface area contributed by atoms with Gasteiger partial charge in [0.05, 0.1) is 6.61 Å². The zero-order valence-corrected chi connectivity index (χ0v) is 14.8. The van der Waals surface area contributed by atoms with Crippen molar-refractivity contribution in [2.45, 2.75) is 24.5 Å². The monoisotopic (exact) mass is 403 g/mol. The second kappa shape index (κ2) is 7.64. The maximum atomic E-state index is 12.2. The number of ether oxygens (including phenoxy) is 1. The van der Waals surface area contributed by atoms with Gasteiger partial charge in [-0.3, -0.25) is 4.57 Å². The third kappa shape index (κ3) is 3.59. The molecule has 4 N–H and O–H groups in total. The number of para-hydroxylation sites is 1. The minimum absolute atomic E-state index is 0.0291. The van der Waals surface area contributed by atoms with E-state index in [9.17, 15) is 19.8 Å². The van der Waals surface area contributed by atoms with Crippen LogP contribution in [0.15, 0.2) is 51.8 Å². The van der Waals surface area contributed by atoms with Gasteiger partial charge in [-0.1, -0.05) is 18.2 Å². The quantitative estimate of drug-likeness (QED) is 0.420. The molecular formula is C18H17N3O8. The second-order valence-corrected chi connectivity index (χ2v) is 6.37. The molecule has 1 aliphatic rings. The zero-order chi connectivity index (χ0) is 20.5. The van der Waals surface area contributed by atoms with Crippen LogP contribution in [0.2, 0.25) is 0 Å². The molecule has 0 spiro atoms. The molecule has 1 aromatic carbocycles. The minimum atomic E-state index is -1.42. The Morgan fingerprint density at radius 1 is 1.24 bits per heavy atom. The number of aliphatic hydroxyl groups excluding tert-OH is 3. The van der Waals surface area contributed by atoms with E-state index in [1.807, 2.05) is 0 Å². The van der Waals surface area contributed by atoms with E-state index in [-0.39, 0.29) is 11.6 Å². The van der Waals surface area contributed by atoms with Gasteiger partial charge in [0.2, 0.25) is 5.76 Å². The molecule has 29 heavy (non-hydrogen) atoms. The molecule has 4 rings (SSSR count). The van der Waals surface area contributed by atoms with E-state index in [1.165, 1.54) is 18.3 Å². The van der Waals surface area contributed by atoms with Crippen LogP contribution in [0.25, 0.3) is 11.0 Å². The maximum absolute atomic E-state index is 12.2. The molecule has 3 heterocycles. The summed E-state index contributed by atoms with van der Waals surface area (Å²) in [6.45, 7) is -0.520. The van der Waals surface area contributed by atoms with Gasteiger partial charge in [-0.25, -0.2) is 9.59 Å². The number of carbonyl (C=O) groups excluding carboxylic acids is 1. The Labute approximate surface area is 162 Å². The van der Waals surface area contributed by atoms with Crippen LogP contribution in [0.4, 0.5) is 5.82 Å². The summed E-state index contributed by atoms with van der Waals surface area (Å²) in [7, 11) is 0. The van der Waals surface area contributed by atoms with Gasteiger partial charge in [0.1, 0.15) is 23.9 Å². The summed E-state index contributed by atoms with van der Waals surface area (Å²) in [4.78, 5) is 32.9. The maximum Gasteiger partial charge on any atom is 0.398 e. The zero-order valence-electron chi connectivity index (χ0n) is 14.8. The third-order valence-electron chi connectivity index (χ3n) is 4.50. The summed E-state index contributed by atoms with van der Waals surface area (Å²) in [5.41, 5.74) is 1.96. The van der Waals surface area contributed by atoms with Gasteiger partial charge in [-0.2, -0.15) is 10.5 Å². The Balaban J connectivity index is 1.44. The molecule has 0 amide bonds. The average molecular weight is 403 g/mol. The van der Waals surface area contributed by atoms with Crippen molar-refractivity contribution in [3.05, 3.63) is 58.8 Å². The van der Waals surface area contributed by atoms with Crippen molar-refractivity contribution in [3.8, 4) is 0 Å². The normalized spacial score (nSPS) is 24.0. The van der Waals surface area contributed by atoms with Crippen LogP contribution in [0.5, 0.6) is 0 Å². The molecule has 11 heteroatoms. The van der Waals surface area contributed by atoms with E-state index in [0.717, 1.165) is 9.95 Å². The van der Waals surface area contributed by atoms with E-state index < -0.39 is 42.8 Å². The van der Waals surface area contributed by atoms with Crippen LogP contribution in [-0.2, 0) is 9.57 Å². The van der Waals surface area contributed by atoms with E-state index in [4.69, 9.17) is 19.1 Å². The first-order valence-corrected chi connectivity index (χ1v) is 8.65. The number of hydrogen-bond acceptors (Lipinski definition) is 10. The van der Waals surface area contributed by atoms with Crippen LogP contribution in [0, 0.1) is 0 Å². The first-order chi connectivity index (χ1) is 14.0. The summed E-state index contributed by atoms with van der Waals surface area (Å²) in [5, 5.41) is 29.7. The molecule has 4 atom stereocenters. The lowest BCUT2D eigenvalue weighted by Gasteiger charge is -2.17. The van der Waals surface area contributed by atoms with Gasteiger partial charge in [-0.15, -0.1) is 0 Å². The van der Waals surface area contributed by atoms with Crippen molar-refractivity contribution >= 4 is 22.8 Å². The van der Waals surface area contributed by atoms with Gasteiger partial charge in [0.15, 0.2) is 12.0 Å². The highest BCUT2D eigenvalue weighted by Crippen LogP contribution is 2.28. The van der Waals surface area contributed by atoms with Crippen LogP contribution < -0.4 is 11.2 Å². The van der Waals surface area contributed by atoms with Crippen LogP contribution in [0.1, 0.15) is 16.8 Å². The fraction of sp³-hybridized carbons (Fsp3) is 0.278. The summed E-state index contributed by atoms with van der Waals surface area (Å²) in [5.74, 6) is -0.906. The predicted molar refractivity (Wildman–Crippen MR) is 96.8 cm³/mol. The minimum Gasteiger partial charge on any atom is -0.449 e. The van der Waals surface area contributed by atoms with E-state index >= 15 is 0 Å². The lowest BCUT2D eigenvalue weighted by atomic mass is 10.1. The topological polar surface area (TPSA) is 156 Å². The Morgan fingerprint density at radius 2 is 2.03 bits per heavy atom. The molecule has 152 valence electrons. The van der Waals surface area contributed by atoms with Gasteiger partial charge >= 0.3 is 11.7 Å². The van der Waals surface area contributed by atoms with Crippen molar-refractivity contribution in [1.82, 2.24) is 9.55 Å². The molecule has 3 aromatic rings. The standard InChI is InChI=1S/C18H17N3O8/c22-8-12-14(23)15(24)16(28-12)21-6-5-13(19-18(21)26)20-29-17(25)11-7-9-3-1-2-4-10(9)27-11/h1-7,12,14-16,22-24H,8H2,(H,19,20,26)/t12-,14-,15-,16-/m1/s1. The third-order valence-corrected chi connectivity index (χ3v) is 4.50. The van der Waals surface area contributed by atoms with Crippen LogP contribution in [-0.4, -0.2) is 55.8 Å². The molecule has 0 unspecified atom stereocenters. The predicted octanol–water partition coefficient (Wildman–Crippen LogP) is -0.215. The number of carbonyl (C=O) groups is 1. The van der Waals surface area contributed by atoms with Crippen LogP contribution in [0.3, 0.4) is 0 Å². The summed E-state index contributed by atoms with van der Waals surface area (Å²) in [6, 6.07) is 9.89. The number of aliphatic hydroxyl groups is 3. The van der Waals surface area contributed by atoms with Gasteiger partial charge in [-0.05, 0) is 12.1 Å². The fourth-order valence-corrected chi connectivity index (χ4v) is 3.00. The fourth-order valence-electron chi connectivity index (χ4n) is 3.00. The SMILES string of the molecule is O=C(ONc1ccn([C@@H]2O[C@H](CO)[C@@H](O)[C@H]2O)c(=O)n1)c1cc2ccccc2o1. The molecule has 0 radical (unpaired) electrons. The lowest BCUT2D eigenvalue weighted by molar-refractivity contribution is -0.0549. The summed E-state index contributed by atoms with van der Waals surface area (Å²) >= 11 is 0. The molecule has 0 saturated carbocycles. The van der Waals surface area contributed by atoms with Crippen molar-refractivity contribution < 1.29 is 34.1 Å². The van der Waals surface area contributed by atoms with Gasteiger partial charge < -0.3 is 29.3 Å². The first-order valence-electron chi connectivity index (χ1n) is 8.65. The molecule has 1 saturated heterocycles. The van der Waals surface area contributed by atoms with Crippen LogP contribution >= 0.6 is 0 Å². The highest BCUT2D eigenvalue weighted by molar-refractivity contribution is 5.92. The lowest BCUT2D eigenvalue weighted by Crippen LogP contribution is -2.36. The van der Waals surface area contributed by atoms with Crippen molar-refractivity contribution in [2.75, 3.05) is 12.1 Å². The van der Waals surface area contributed by atoms with E-state index in [1.54, 1.807) is 24.3 Å². The Hall–Kier alpha value is -3.25. The van der Waals surface area contributed by atoms with Gasteiger partial charge in [0.25, 0.3) is 0 Å². The second-order valence-electron chi connectivity index (χ2n) is 6.37. The van der Waals surface area contributed by atoms with Crippen molar-refractivity contribution in [1.29, 1.82) is 0 Å². The Kier molecular flexibility index (Phi) is 5.03. The largest absolute Gasteiger partial charge is 0.449 e. The van der Waals surface area contributed by atoms with Crippen molar-refractivity contribution in [3.63, 3.8) is 0 Å². The average Bonchev–Trinajstić information content (AvgIpc) is 3.28. The van der Waals surface area contributed by atoms with Crippen molar-refractivity contribution in [2.24, 2.45) is 0 Å². The number of fused-ring (bicyclic) bond motifs is 1. The number of furan rings is 1. The number of hydrogen-bond donors (Lipinski definition) is 4. The number of anilines is 1. The van der Waals surface area contributed by atoms with Gasteiger partial charge in [0, 0.05) is 17.6 Å². The van der Waals surface area contributed by atoms with E-state index in [2.05, 4.69) is 10.5 Å². The Bertz CT molecular complexity index is 1060. The molecule has 2 aromatic heterocycles.